The van der Waals surface area contributed by atoms with Crippen LogP contribution in [0.15, 0.2) is 0 Å². The van der Waals surface area contributed by atoms with Crippen molar-refractivity contribution in [2.45, 2.75) is 53.5 Å². The Hall–Kier alpha value is -0.610. The smallest absolute Gasteiger partial charge is 0.185 e. The Kier molecular flexibility index (Phi) is 5.85. The van der Waals surface area contributed by atoms with E-state index in [1.54, 1.807) is 0 Å². The largest absolute Gasteiger partial charge is 0.348 e. The molecule has 1 saturated heterocycles. The second-order valence-electron chi connectivity index (χ2n) is 6.25. The molecule has 4 heteroatoms. The van der Waals surface area contributed by atoms with Crippen molar-refractivity contribution in [2.24, 2.45) is 11.8 Å². The van der Waals surface area contributed by atoms with Crippen molar-refractivity contribution in [1.82, 2.24) is 10.3 Å². The topological polar surface area (TPSA) is 28.2 Å². The van der Waals surface area contributed by atoms with Gasteiger partial charge in [0.05, 0.1) is 5.69 Å². The van der Waals surface area contributed by atoms with Crippen LogP contribution in [0.25, 0.3) is 0 Å². The van der Waals surface area contributed by atoms with E-state index in [0.29, 0.717) is 0 Å². The van der Waals surface area contributed by atoms with Crippen LogP contribution in [0, 0.1) is 18.8 Å². The number of thiazole rings is 1. The van der Waals surface area contributed by atoms with Gasteiger partial charge in [0.15, 0.2) is 5.13 Å². The number of hydrogen-bond donors (Lipinski definition) is 1. The molecule has 0 saturated carbocycles. The van der Waals surface area contributed by atoms with Gasteiger partial charge in [0.2, 0.25) is 0 Å². The van der Waals surface area contributed by atoms with Crippen LogP contribution in [0.2, 0.25) is 0 Å². The van der Waals surface area contributed by atoms with Crippen molar-refractivity contribution >= 4 is 16.5 Å². The summed E-state index contributed by atoms with van der Waals surface area (Å²) in [5, 5.41) is 4.72. The van der Waals surface area contributed by atoms with E-state index in [-0.39, 0.29) is 0 Å². The molecule has 0 aromatic carbocycles. The van der Waals surface area contributed by atoms with Crippen LogP contribution in [0.3, 0.4) is 0 Å². The third kappa shape index (κ3) is 3.95. The van der Waals surface area contributed by atoms with Gasteiger partial charge in [-0.15, -0.1) is 11.3 Å². The first-order valence-electron chi connectivity index (χ1n) is 8.03. The minimum absolute atomic E-state index is 0.823. The zero-order valence-corrected chi connectivity index (χ0v) is 14.2. The molecule has 1 N–H and O–H groups in total. The molecule has 20 heavy (non-hydrogen) atoms. The second kappa shape index (κ2) is 7.41. The van der Waals surface area contributed by atoms with E-state index in [4.69, 9.17) is 4.98 Å². The van der Waals surface area contributed by atoms with Gasteiger partial charge in [0.1, 0.15) is 0 Å². The summed E-state index contributed by atoms with van der Waals surface area (Å²) in [4.78, 5) is 8.68. The molecule has 0 bridgehead atoms. The van der Waals surface area contributed by atoms with Gasteiger partial charge in [-0.3, -0.25) is 0 Å². The number of anilines is 1. The SMILES string of the molecule is CCCNCc1sc(N2CCC(C(C)C)CC2)nc1C. The third-order valence-corrected chi connectivity index (χ3v) is 5.56. The average molecular weight is 295 g/mol. The van der Waals surface area contributed by atoms with Crippen LogP contribution in [0.1, 0.15) is 50.6 Å². The fourth-order valence-electron chi connectivity index (χ4n) is 2.85. The van der Waals surface area contributed by atoms with Crippen molar-refractivity contribution < 1.29 is 0 Å². The van der Waals surface area contributed by atoms with Crippen LogP contribution < -0.4 is 10.2 Å². The van der Waals surface area contributed by atoms with Gasteiger partial charge < -0.3 is 10.2 Å². The van der Waals surface area contributed by atoms with Crippen LogP contribution in [-0.2, 0) is 6.54 Å². The number of nitrogens with zero attached hydrogens (tertiary/aromatic N) is 2. The first kappa shape index (κ1) is 15.8. The quantitative estimate of drug-likeness (QED) is 0.809. The molecule has 1 aromatic heterocycles. The van der Waals surface area contributed by atoms with Gasteiger partial charge in [-0.2, -0.15) is 0 Å². The predicted octanol–water partition coefficient (Wildman–Crippen LogP) is 3.82. The Bertz CT molecular complexity index is 406. The standard InChI is InChI=1S/C16H29N3S/c1-5-8-17-11-15-13(4)18-16(20-15)19-9-6-14(7-10-19)12(2)3/h12,14,17H,5-11H2,1-4H3. The van der Waals surface area contributed by atoms with E-state index in [1.165, 1.54) is 48.1 Å². The summed E-state index contributed by atoms with van der Waals surface area (Å²) < 4.78 is 0. The van der Waals surface area contributed by atoms with E-state index in [0.717, 1.165) is 24.9 Å². The van der Waals surface area contributed by atoms with Gasteiger partial charge in [0.25, 0.3) is 0 Å². The number of piperidine rings is 1. The summed E-state index contributed by atoms with van der Waals surface area (Å²) >= 11 is 1.88. The highest BCUT2D eigenvalue weighted by Gasteiger charge is 2.23. The first-order valence-corrected chi connectivity index (χ1v) is 8.85. The minimum Gasteiger partial charge on any atom is -0.348 e. The molecule has 0 spiro atoms. The van der Waals surface area contributed by atoms with Gasteiger partial charge in [0, 0.05) is 24.5 Å². The number of aryl methyl sites for hydroxylation is 1. The highest BCUT2D eigenvalue weighted by Crippen LogP contribution is 2.31. The number of hydrogen-bond acceptors (Lipinski definition) is 4. The lowest BCUT2D eigenvalue weighted by Crippen LogP contribution is -2.35. The highest BCUT2D eigenvalue weighted by atomic mass is 32.1. The summed E-state index contributed by atoms with van der Waals surface area (Å²) in [5.74, 6) is 1.72. The van der Waals surface area contributed by atoms with E-state index < -0.39 is 0 Å². The van der Waals surface area contributed by atoms with Crippen LogP contribution in [0.4, 0.5) is 5.13 Å². The summed E-state index contributed by atoms with van der Waals surface area (Å²) in [5.41, 5.74) is 1.21. The molecule has 0 radical (unpaired) electrons. The van der Waals surface area contributed by atoms with Crippen molar-refractivity contribution in [1.29, 1.82) is 0 Å². The van der Waals surface area contributed by atoms with Crippen LogP contribution in [-0.4, -0.2) is 24.6 Å². The molecule has 0 amide bonds. The number of nitrogens with one attached hydrogen (secondary N) is 1. The maximum absolute atomic E-state index is 4.79. The zero-order chi connectivity index (χ0) is 14.5. The second-order valence-corrected chi connectivity index (χ2v) is 7.31. The molecular formula is C16H29N3S. The van der Waals surface area contributed by atoms with Gasteiger partial charge in [-0.05, 0) is 44.6 Å². The molecule has 2 rings (SSSR count). The van der Waals surface area contributed by atoms with Crippen molar-refractivity contribution in [2.75, 3.05) is 24.5 Å². The minimum atomic E-state index is 0.823. The Morgan fingerprint density at radius 2 is 2.05 bits per heavy atom. The molecule has 1 aliphatic heterocycles. The molecule has 0 aliphatic carbocycles. The van der Waals surface area contributed by atoms with E-state index in [9.17, 15) is 0 Å². The molecule has 114 valence electrons. The van der Waals surface area contributed by atoms with Crippen LogP contribution >= 0.6 is 11.3 Å². The molecule has 2 heterocycles. The Labute approximate surface area is 127 Å². The molecule has 1 aromatic rings. The van der Waals surface area contributed by atoms with Gasteiger partial charge in [-0.25, -0.2) is 4.98 Å². The number of aromatic nitrogens is 1. The lowest BCUT2D eigenvalue weighted by molar-refractivity contribution is 0.311. The van der Waals surface area contributed by atoms with Gasteiger partial charge >= 0.3 is 0 Å². The van der Waals surface area contributed by atoms with E-state index in [1.807, 2.05) is 11.3 Å². The van der Waals surface area contributed by atoms with Crippen molar-refractivity contribution in [3.8, 4) is 0 Å². The maximum Gasteiger partial charge on any atom is 0.185 e. The lowest BCUT2D eigenvalue weighted by Gasteiger charge is -2.33. The summed E-state index contributed by atoms with van der Waals surface area (Å²) in [6.07, 6.45) is 3.83. The maximum atomic E-state index is 4.79. The molecule has 1 fully saturated rings. The fraction of sp³-hybridized carbons (Fsp3) is 0.812. The molecule has 0 unspecified atom stereocenters. The van der Waals surface area contributed by atoms with E-state index >= 15 is 0 Å². The lowest BCUT2D eigenvalue weighted by atomic mass is 9.87. The predicted molar refractivity (Wildman–Crippen MR) is 88.6 cm³/mol. The number of rotatable bonds is 6. The molecule has 0 atom stereocenters. The van der Waals surface area contributed by atoms with Crippen LogP contribution in [0.5, 0.6) is 0 Å². The first-order chi connectivity index (χ1) is 9.61. The fourth-order valence-corrected chi connectivity index (χ4v) is 3.93. The summed E-state index contributed by atoms with van der Waals surface area (Å²) in [7, 11) is 0. The Balaban J connectivity index is 1.92. The summed E-state index contributed by atoms with van der Waals surface area (Å²) in [6, 6.07) is 0. The zero-order valence-electron chi connectivity index (χ0n) is 13.4. The van der Waals surface area contributed by atoms with Crippen molar-refractivity contribution in [3.63, 3.8) is 0 Å². The average Bonchev–Trinajstić information content (AvgIpc) is 2.81. The Morgan fingerprint density at radius 3 is 2.65 bits per heavy atom. The molecular weight excluding hydrogens is 266 g/mol. The molecule has 3 nitrogen and oxygen atoms in total. The van der Waals surface area contributed by atoms with Gasteiger partial charge in [-0.1, -0.05) is 20.8 Å². The molecule has 1 aliphatic rings. The highest BCUT2D eigenvalue weighted by molar-refractivity contribution is 7.15. The summed E-state index contributed by atoms with van der Waals surface area (Å²) in [6.45, 7) is 13.5. The Morgan fingerprint density at radius 1 is 1.35 bits per heavy atom. The normalized spacial score (nSPS) is 17.1. The van der Waals surface area contributed by atoms with Crippen molar-refractivity contribution in [3.05, 3.63) is 10.6 Å². The van der Waals surface area contributed by atoms with E-state index in [2.05, 4.69) is 37.9 Å². The third-order valence-electron chi connectivity index (χ3n) is 4.35. The monoisotopic (exact) mass is 295 g/mol.